The molecule has 152 valence electrons. The van der Waals surface area contributed by atoms with Gasteiger partial charge in [-0.25, -0.2) is 5.48 Å². The van der Waals surface area contributed by atoms with E-state index in [1.807, 2.05) is 59.5 Å². The molecule has 7 nitrogen and oxygen atoms in total. The first-order valence-electron chi connectivity index (χ1n) is 9.52. The van der Waals surface area contributed by atoms with Gasteiger partial charge in [-0.3, -0.25) is 19.7 Å². The number of hydrogen-bond donors (Lipinski definition) is 3. The van der Waals surface area contributed by atoms with Gasteiger partial charge in [0, 0.05) is 24.3 Å². The molecule has 1 aliphatic heterocycles. The number of hydroxylamine groups is 1. The second-order valence-electron chi connectivity index (χ2n) is 7.07. The Morgan fingerprint density at radius 3 is 2.60 bits per heavy atom. The van der Waals surface area contributed by atoms with E-state index in [2.05, 4.69) is 5.32 Å². The summed E-state index contributed by atoms with van der Waals surface area (Å²) in [6.07, 6.45) is 0. The monoisotopic (exact) mass is 403 g/mol. The van der Waals surface area contributed by atoms with E-state index < -0.39 is 5.91 Å². The standard InChI is InChI=1S/C23H21N3O4/c27-22-15-26(14-18-12-17(23(28)25-29)9-10-21(18)24-22)13-16-5-4-8-20(11-16)30-19-6-2-1-3-7-19/h1-12,29H,13-15H2,(H,24,27)(H,25,28). The molecule has 0 fully saturated rings. The Hall–Kier alpha value is -3.68. The zero-order valence-electron chi connectivity index (χ0n) is 16.2. The van der Waals surface area contributed by atoms with E-state index in [0.717, 1.165) is 22.6 Å². The van der Waals surface area contributed by atoms with Gasteiger partial charge in [0.15, 0.2) is 0 Å². The average molecular weight is 403 g/mol. The third-order valence-corrected chi connectivity index (χ3v) is 4.79. The average Bonchev–Trinajstić information content (AvgIpc) is 2.90. The second-order valence-corrected chi connectivity index (χ2v) is 7.07. The summed E-state index contributed by atoms with van der Waals surface area (Å²) in [6, 6.07) is 22.2. The fourth-order valence-corrected chi connectivity index (χ4v) is 3.44. The molecular formula is C23H21N3O4. The molecule has 1 heterocycles. The zero-order chi connectivity index (χ0) is 20.9. The molecule has 0 saturated carbocycles. The molecule has 0 radical (unpaired) electrons. The van der Waals surface area contributed by atoms with Crippen LogP contribution < -0.4 is 15.5 Å². The summed E-state index contributed by atoms with van der Waals surface area (Å²) in [7, 11) is 0. The van der Waals surface area contributed by atoms with Gasteiger partial charge in [-0.15, -0.1) is 0 Å². The van der Waals surface area contributed by atoms with Crippen molar-refractivity contribution in [2.75, 3.05) is 11.9 Å². The highest BCUT2D eigenvalue weighted by Gasteiger charge is 2.21. The maximum atomic E-state index is 12.3. The van der Waals surface area contributed by atoms with Crippen LogP contribution >= 0.6 is 0 Å². The van der Waals surface area contributed by atoms with Crippen molar-refractivity contribution >= 4 is 17.5 Å². The van der Waals surface area contributed by atoms with Crippen LogP contribution in [-0.4, -0.2) is 28.5 Å². The number of rotatable bonds is 5. The highest BCUT2D eigenvalue weighted by molar-refractivity contribution is 5.97. The van der Waals surface area contributed by atoms with Gasteiger partial charge in [0.05, 0.1) is 6.54 Å². The first kappa shape index (κ1) is 19.6. The second kappa shape index (κ2) is 8.77. The first-order chi connectivity index (χ1) is 14.6. The van der Waals surface area contributed by atoms with Crippen molar-refractivity contribution in [3.05, 3.63) is 89.5 Å². The number of anilines is 1. The van der Waals surface area contributed by atoms with Crippen LogP contribution in [0.2, 0.25) is 0 Å². The molecule has 30 heavy (non-hydrogen) atoms. The SMILES string of the molecule is O=C1CN(Cc2cccc(Oc3ccccc3)c2)Cc2cc(C(=O)NO)ccc2N1. The number of ether oxygens (including phenoxy) is 1. The van der Waals surface area contributed by atoms with Crippen molar-refractivity contribution in [3.8, 4) is 11.5 Å². The summed E-state index contributed by atoms with van der Waals surface area (Å²) in [5, 5.41) is 11.7. The van der Waals surface area contributed by atoms with Crippen molar-refractivity contribution in [2.24, 2.45) is 0 Å². The molecule has 3 N–H and O–H groups in total. The molecule has 3 aromatic carbocycles. The minimum atomic E-state index is -0.592. The van der Waals surface area contributed by atoms with Gasteiger partial charge < -0.3 is 10.1 Å². The number of benzene rings is 3. The molecule has 0 bridgehead atoms. The number of hydrogen-bond acceptors (Lipinski definition) is 5. The minimum Gasteiger partial charge on any atom is -0.457 e. The van der Waals surface area contributed by atoms with E-state index in [-0.39, 0.29) is 12.5 Å². The number of carbonyl (C=O) groups is 2. The summed E-state index contributed by atoms with van der Waals surface area (Å²) in [5.74, 6) is 0.767. The molecule has 1 aliphatic rings. The van der Waals surface area contributed by atoms with Gasteiger partial charge >= 0.3 is 0 Å². The molecule has 0 atom stereocenters. The molecule has 0 unspecified atom stereocenters. The molecule has 0 spiro atoms. The Labute approximate surface area is 173 Å². The molecule has 0 saturated heterocycles. The highest BCUT2D eigenvalue weighted by Crippen LogP contribution is 2.25. The minimum absolute atomic E-state index is 0.121. The summed E-state index contributed by atoms with van der Waals surface area (Å²) in [4.78, 5) is 26.1. The smallest absolute Gasteiger partial charge is 0.274 e. The van der Waals surface area contributed by atoms with E-state index in [9.17, 15) is 9.59 Å². The zero-order valence-corrected chi connectivity index (χ0v) is 16.2. The van der Waals surface area contributed by atoms with Crippen LogP contribution in [0, 0.1) is 0 Å². The van der Waals surface area contributed by atoms with E-state index in [4.69, 9.17) is 9.94 Å². The van der Waals surface area contributed by atoms with Crippen LogP contribution in [0.3, 0.4) is 0 Å². The Balaban J connectivity index is 1.52. The predicted octanol–water partition coefficient (Wildman–Crippen LogP) is 3.55. The largest absolute Gasteiger partial charge is 0.457 e. The molecule has 3 aromatic rings. The fourth-order valence-electron chi connectivity index (χ4n) is 3.44. The number of para-hydroxylation sites is 1. The van der Waals surface area contributed by atoms with Gasteiger partial charge in [-0.05, 0) is 53.6 Å². The third kappa shape index (κ3) is 4.65. The van der Waals surface area contributed by atoms with Crippen LogP contribution in [0.15, 0.2) is 72.8 Å². The number of nitrogens with one attached hydrogen (secondary N) is 2. The molecule has 0 aromatic heterocycles. The van der Waals surface area contributed by atoms with Crippen molar-refractivity contribution in [1.29, 1.82) is 0 Å². The summed E-state index contributed by atoms with van der Waals surface area (Å²) in [6.45, 7) is 1.24. The lowest BCUT2D eigenvalue weighted by Gasteiger charge is -2.20. The van der Waals surface area contributed by atoms with Gasteiger partial charge in [0.25, 0.3) is 5.91 Å². The Morgan fingerprint density at radius 2 is 1.80 bits per heavy atom. The fraction of sp³-hybridized carbons (Fsp3) is 0.130. The number of nitrogens with zero attached hydrogens (tertiary/aromatic N) is 1. The predicted molar refractivity (Wildman–Crippen MR) is 111 cm³/mol. The lowest BCUT2D eigenvalue weighted by molar-refractivity contribution is -0.117. The quantitative estimate of drug-likeness (QED) is 0.448. The first-order valence-corrected chi connectivity index (χ1v) is 9.52. The Kier molecular flexibility index (Phi) is 5.74. The Morgan fingerprint density at radius 1 is 1.00 bits per heavy atom. The van der Waals surface area contributed by atoms with Gasteiger partial charge in [-0.2, -0.15) is 0 Å². The van der Waals surface area contributed by atoms with Crippen molar-refractivity contribution < 1.29 is 19.5 Å². The number of carbonyl (C=O) groups excluding carboxylic acids is 2. The van der Waals surface area contributed by atoms with E-state index in [0.29, 0.717) is 24.3 Å². The van der Waals surface area contributed by atoms with Crippen LogP contribution in [0.1, 0.15) is 21.5 Å². The topological polar surface area (TPSA) is 90.9 Å². The number of amides is 2. The van der Waals surface area contributed by atoms with Gasteiger partial charge in [-0.1, -0.05) is 30.3 Å². The summed E-state index contributed by atoms with van der Waals surface area (Å²) >= 11 is 0. The molecule has 7 heteroatoms. The van der Waals surface area contributed by atoms with Crippen LogP contribution in [0.4, 0.5) is 5.69 Å². The van der Waals surface area contributed by atoms with E-state index >= 15 is 0 Å². The third-order valence-electron chi connectivity index (χ3n) is 4.79. The molecule has 2 amide bonds. The lowest BCUT2D eigenvalue weighted by atomic mass is 10.1. The molecular weight excluding hydrogens is 382 g/mol. The lowest BCUT2D eigenvalue weighted by Crippen LogP contribution is -2.29. The summed E-state index contributed by atoms with van der Waals surface area (Å²) < 4.78 is 5.90. The van der Waals surface area contributed by atoms with Gasteiger partial charge in [0.1, 0.15) is 11.5 Å². The van der Waals surface area contributed by atoms with E-state index in [1.165, 1.54) is 0 Å². The van der Waals surface area contributed by atoms with Crippen molar-refractivity contribution in [2.45, 2.75) is 13.1 Å². The normalized spacial score (nSPS) is 13.7. The van der Waals surface area contributed by atoms with Crippen molar-refractivity contribution in [1.82, 2.24) is 10.4 Å². The highest BCUT2D eigenvalue weighted by atomic mass is 16.5. The summed E-state index contributed by atoms with van der Waals surface area (Å²) in [5.41, 5.74) is 4.43. The van der Waals surface area contributed by atoms with Gasteiger partial charge in [0.2, 0.25) is 5.91 Å². The van der Waals surface area contributed by atoms with Crippen LogP contribution in [0.25, 0.3) is 0 Å². The maximum Gasteiger partial charge on any atom is 0.274 e. The molecule has 0 aliphatic carbocycles. The molecule has 4 rings (SSSR count). The maximum absolute atomic E-state index is 12.3. The van der Waals surface area contributed by atoms with Crippen LogP contribution in [0.5, 0.6) is 11.5 Å². The van der Waals surface area contributed by atoms with Crippen LogP contribution in [-0.2, 0) is 17.9 Å². The number of fused-ring (bicyclic) bond motifs is 1. The Bertz CT molecular complexity index is 1070. The van der Waals surface area contributed by atoms with Crippen molar-refractivity contribution in [3.63, 3.8) is 0 Å². The van der Waals surface area contributed by atoms with E-state index in [1.54, 1.807) is 23.7 Å².